The average molecular weight is 808 g/mol. The molecule has 0 unspecified atom stereocenters. The second-order valence-corrected chi connectivity index (χ2v) is 11.7. The molecule has 2 aromatic heterocycles. The summed E-state index contributed by atoms with van der Waals surface area (Å²) in [6, 6.07) is 3.18. The molecule has 0 saturated heterocycles. The van der Waals surface area contributed by atoms with Crippen LogP contribution in [-0.4, -0.2) is 58.6 Å². The number of rotatable bonds is 9. The summed E-state index contributed by atoms with van der Waals surface area (Å²) >= 11 is 13.2. The Morgan fingerprint density at radius 2 is 1.15 bits per heavy atom. The molecule has 0 aromatic carbocycles. The summed E-state index contributed by atoms with van der Waals surface area (Å²) in [5, 5.41) is 10.4. The van der Waals surface area contributed by atoms with Gasteiger partial charge in [0, 0.05) is 24.9 Å². The number of amides is 4. The minimum absolute atomic E-state index is 0.00737. The SMILES string of the molecule is NC1=N/C(=C\[C@@H](CNC(=O)c2cc(Br)c(Br)[nH]2)[C@@H](/C=C2\N=C(N)NC2=O)CNC(=O)c2cc(Br)c(Br)[nH]2)C(=O)N1. The van der Waals surface area contributed by atoms with Crippen molar-refractivity contribution in [2.24, 2.45) is 33.3 Å². The first kappa shape index (κ1) is 29.8. The van der Waals surface area contributed by atoms with Crippen molar-refractivity contribution in [3.05, 3.63) is 65.2 Å². The molecule has 0 saturated carbocycles. The molecule has 0 spiro atoms. The second kappa shape index (κ2) is 12.5. The summed E-state index contributed by atoms with van der Waals surface area (Å²) < 4.78 is 2.47. The first-order valence-electron chi connectivity index (χ1n) is 11.3. The van der Waals surface area contributed by atoms with Crippen molar-refractivity contribution in [3.63, 3.8) is 0 Å². The fourth-order valence-electron chi connectivity index (χ4n) is 3.74. The summed E-state index contributed by atoms with van der Waals surface area (Å²) in [4.78, 5) is 64.4. The Labute approximate surface area is 259 Å². The third-order valence-electron chi connectivity index (χ3n) is 5.66. The minimum atomic E-state index is -0.680. The third-order valence-corrected chi connectivity index (χ3v) is 9.23. The zero-order valence-corrected chi connectivity index (χ0v) is 26.4. The fraction of sp³-hybridized carbons (Fsp3) is 0.182. The van der Waals surface area contributed by atoms with Crippen LogP contribution in [0.5, 0.6) is 0 Å². The second-order valence-electron chi connectivity index (χ2n) is 8.44. The van der Waals surface area contributed by atoms with E-state index >= 15 is 0 Å². The molecule has 2 atom stereocenters. The number of hydrogen-bond donors (Lipinski definition) is 8. The lowest BCUT2D eigenvalue weighted by Crippen LogP contribution is -2.38. The van der Waals surface area contributed by atoms with Gasteiger partial charge in [0.2, 0.25) is 11.9 Å². The Balaban J connectivity index is 1.65. The predicted octanol–water partition coefficient (Wildman–Crippen LogP) is 1.44. The van der Waals surface area contributed by atoms with E-state index in [-0.39, 0.29) is 47.8 Å². The van der Waals surface area contributed by atoms with Crippen LogP contribution in [-0.2, 0) is 9.59 Å². The number of hydrogen-bond acceptors (Lipinski definition) is 8. The maximum absolute atomic E-state index is 12.9. The highest BCUT2D eigenvalue weighted by Crippen LogP contribution is 2.25. The Morgan fingerprint density at radius 3 is 1.43 bits per heavy atom. The van der Waals surface area contributed by atoms with Crippen LogP contribution in [0.1, 0.15) is 21.0 Å². The van der Waals surface area contributed by atoms with Gasteiger partial charge >= 0.3 is 0 Å². The number of aromatic amines is 2. The molecule has 0 radical (unpaired) electrons. The van der Waals surface area contributed by atoms with Gasteiger partial charge in [0.05, 0.1) is 18.2 Å². The molecule has 18 heteroatoms. The maximum Gasteiger partial charge on any atom is 0.276 e. The molecule has 210 valence electrons. The van der Waals surface area contributed by atoms with Gasteiger partial charge in [-0.3, -0.25) is 29.8 Å². The minimum Gasteiger partial charge on any atom is -0.369 e. The monoisotopic (exact) mass is 804 g/mol. The molecule has 40 heavy (non-hydrogen) atoms. The van der Waals surface area contributed by atoms with Gasteiger partial charge in [-0.1, -0.05) is 0 Å². The van der Waals surface area contributed by atoms with Crippen LogP contribution in [0.3, 0.4) is 0 Å². The largest absolute Gasteiger partial charge is 0.369 e. The smallest absolute Gasteiger partial charge is 0.276 e. The molecule has 2 aliphatic rings. The Kier molecular flexibility index (Phi) is 9.32. The van der Waals surface area contributed by atoms with E-state index < -0.39 is 35.5 Å². The van der Waals surface area contributed by atoms with Crippen molar-refractivity contribution in [3.8, 4) is 0 Å². The zero-order chi connectivity index (χ0) is 29.1. The molecule has 0 bridgehead atoms. The Bertz CT molecular complexity index is 1370. The zero-order valence-electron chi connectivity index (χ0n) is 20.1. The van der Waals surface area contributed by atoms with Crippen LogP contribution in [0, 0.1) is 11.8 Å². The molecular weight excluding hydrogens is 788 g/mol. The normalized spacial score (nSPS) is 18.3. The van der Waals surface area contributed by atoms with Crippen LogP contribution >= 0.6 is 63.7 Å². The van der Waals surface area contributed by atoms with Crippen molar-refractivity contribution >= 4 is 99.3 Å². The van der Waals surface area contributed by atoms with Gasteiger partial charge in [-0.2, -0.15) is 0 Å². The lowest BCUT2D eigenvalue weighted by Gasteiger charge is -2.23. The standard InChI is InChI=1S/C22H20Br4N10O4/c23-9-3-13(31-15(9)25)17(37)29-5-7(1-11-19(39)35-21(27)33-11)8(2-12-20(40)36-22(28)34-12)6-30-18(38)14-4-10(24)16(26)32-14/h1-4,7-8,31-32H,5-6H2,(H,29,37)(H,30,38)(H3,27,33,35,39)(H3,28,34,36,40)/b11-1-,12-2-/t7-,8-/m0/s1. The third kappa shape index (κ3) is 7.10. The van der Waals surface area contributed by atoms with Gasteiger partial charge in [0.15, 0.2) is 0 Å². The lowest BCUT2D eigenvalue weighted by atomic mass is 9.89. The molecule has 4 heterocycles. The van der Waals surface area contributed by atoms with Gasteiger partial charge in [-0.05, 0) is 88.0 Å². The Hall–Kier alpha value is -3.22. The fourth-order valence-corrected chi connectivity index (χ4v) is 5.05. The van der Waals surface area contributed by atoms with Gasteiger partial charge in [-0.25, -0.2) is 9.98 Å². The molecule has 14 nitrogen and oxygen atoms in total. The van der Waals surface area contributed by atoms with Crippen molar-refractivity contribution in [2.45, 2.75) is 0 Å². The number of nitrogens with zero attached hydrogens (tertiary/aromatic N) is 2. The van der Waals surface area contributed by atoms with Crippen molar-refractivity contribution in [1.29, 1.82) is 0 Å². The first-order valence-corrected chi connectivity index (χ1v) is 14.5. The molecule has 10 N–H and O–H groups in total. The van der Waals surface area contributed by atoms with E-state index in [0.717, 1.165) is 0 Å². The number of aromatic nitrogens is 2. The lowest BCUT2D eigenvalue weighted by molar-refractivity contribution is -0.116. The number of nitrogens with one attached hydrogen (secondary N) is 6. The predicted molar refractivity (Wildman–Crippen MR) is 160 cm³/mol. The first-order chi connectivity index (χ1) is 18.9. The quantitative estimate of drug-likeness (QED) is 0.175. The highest BCUT2D eigenvalue weighted by atomic mass is 79.9. The molecule has 0 fully saturated rings. The highest BCUT2D eigenvalue weighted by molar-refractivity contribution is 9.13. The molecule has 4 amide bonds. The van der Waals surface area contributed by atoms with Crippen LogP contribution in [0.2, 0.25) is 0 Å². The number of guanidine groups is 2. The van der Waals surface area contributed by atoms with E-state index in [9.17, 15) is 19.2 Å². The summed E-state index contributed by atoms with van der Waals surface area (Å²) in [6.07, 6.45) is 3.01. The van der Waals surface area contributed by atoms with Gasteiger partial charge in [-0.15, -0.1) is 0 Å². The van der Waals surface area contributed by atoms with Crippen molar-refractivity contribution in [1.82, 2.24) is 31.2 Å². The van der Waals surface area contributed by atoms with Crippen LogP contribution in [0.25, 0.3) is 0 Å². The van der Waals surface area contributed by atoms with E-state index in [1.54, 1.807) is 12.1 Å². The number of H-pyrrole nitrogens is 2. The molecule has 2 aromatic rings. The van der Waals surface area contributed by atoms with Gasteiger partial charge in [0.1, 0.15) is 22.8 Å². The summed E-state index contributed by atoms with van der Waals surface area (Å²) in [5.74, 6) is -3.48. The summed E-state index contributed by atoms with van der Waals surface area (Å²) in [5.41, 5.74) is 11.9. The van der Waals surface area contributed by atoms with E-state index in [2.05, 4.69) is 105 Å². The summed E-state index contributed by atoms with van der Waals surface area (Å²) in [7, 11) is 0. The Morgan fingerprint density at radius 1 is 0.775 bits per heavy atom. The van der Waals surface area contributed by atoms with E-state index in [4.69, 9.17) is 11.5 Å². The number of carbonyl (C=O) groups is 4. The van der Waals surface area contributed by atoms with E-state index in [0.29, 0.717) is 18.2 Å². The number of carbonyl (C=O) groups excluding carboxylic acids is 4. The molecule has 0 aliphatic carbocycles. The van der Waals surface area contributed by atoms with Gasteiger partial charge in [0.25, 0.3) is 23.6 Å². The highest BCUT2D eigenvalue weighted by Gasteiger charge is 2.28. The van der Waals surface area contributed by atoms with Crippen LogP contribution < -0.4 is 32.7 Å². The summed E-state index contributed by atoms with van der Waals surface area (Å²) in [6.45, 7) is -0.0476. The topological polar surface area (TPSA) is 225 Å². The van der Waals surface area contributed by atoms with Crippen molar-refractivity contribution in [2.75, 3.05) is 13.1 Å². The van der Waals surface area contributed by atoms with Crippen molar-refractivity contribution < 1.29 is 19.2 Å². The molecule has 2 aliphatic heterocycles. The number of halogens is 4. The van der Waals surface area contributed by atoms with Gasteiger partial charge < -0.3 is 32.1 Å². The van der Waals surface area contributed by atoms with E-state index in [1.807, 2.05) is 0 Å². The molecular formula is C22H20Br4N10O4. The number of nitrogens with two attached hydrogens (primary N) is 2. The number of aliphatic imine (C=N–C) groups is 2. The van der Waals surface area contributed by atoms with E-state index in [1.165, 1.54) is 12.2 Å². The van der Waals surface area contributed by atoms with Crippen LogP contribution in [0.4, 0.5) is 0 Å². The maximum atomic E-state index is 12.9. The molecule has 4 rings (SSSR count). The van der Waals surface area contributed by atoms with Crippen LogP contribution in [0.15, 0.2) is 63.8 Å². The average Bonchev–Trinajstić information content (AvgIpc) is 3.60.